The molecule has 1 amide bonds. The third kappa shape index (κ3) is 5.23. The van der Waals surface area contributed by atoms with Crippen LogP contribution in [-0.2, 0) is 27.1 Å². The van der Waals surface area contributed by atoms with Crippen LogP contribution in [0.2, 0.25) is 0 Å². The molecular formula is C23H25FN4O3S. The lowest BCUT2D eigenvalue weighted by molar-refractivity contribution is -0.126. The van der Waals surface area contributed by atoms with Crippen molar-refractivity contribution in [3.05, 3.63) is 84.2 Å². The van der Waals surface area contributed by atoms with Crippen molar-refractivity contribution in [2.24, 2.45) is 5.92 Å². The summed E-state index contributed by atoms with van der Waals surface area (Å²) < 4.78 is 42.8. The first-order valence-electron chi connectivity index (χ1n) is 10.5. The second kappa shape index (κ2) is 9.62. The number of carbonyl (C=O) groups excluding carboxylic acids is 1. The van der Waals surface area contributed by atoms with Crippen molar-refractivity contribution in [2.45, 2.75) is 25.1 Å². The molecule has 3 aromatic rings. The summed E-state index contributed by atoms with van der Waals surface area (Å²) in [5.74, 6) is -0.824. The first-order valence-corrected chi connectivity index (χ1v) is 12.1. The van der Waals surface area contributed by atoms with Crippen LogP contribution < -0.4 is 5.32 Å². The van der Waals surface area contributed by atoms with E-state index in [2.05, 4.69) is 10.3 Å². The van der Waals surface area contributed by atoms with Crippen LogP contribution >= 0.6 is 0 Å². The second-order valence-electron chi connectivity index (χ2n) is 7.89. The highest BCUT2D eigenvalue weighted by atomic mass is 32.2. The quantitative estimate of drug-likeness (QED) is 0.593. The molecule has 32 heavy (non-hydrogen) atoms. The Morgan fingerprint density at radius 1 is 1.09 bits per heavy atom. The number of aromatic nitrogens is 2. The van der Waals surface area contributed by atoms with Crippen LogP contribution in [0.25, 0.3) is 5.69 Å². The Bertz CT molecular complexity index is 1160. The molecule has 1 aliphatic rings. The van der Waals surface area contributed by atoms with Crippen LogP contribution in [0.5, 0.6) is 0 Å². The molecule has 1 N–H and O–H groups in total. The van der Waals surface area contributed by atoms with E-state index in [1.807, 2.05) is 18.2 Å². The maximum absolute atomic E-state index is 14.4. The molecule has 1 aromatic heterocycles. The summed E-state index contributed by atoms with van der Waals surface area (Å²) in [5, 5.41) is 2.85. The molecule has 0 atom stereocenters. The van der Waals surface area contributed by atoms with E-state index in [4.69, 9.17) is 0 Å². The minimum atomic E-state index is -3.41. The third-order valence-corrected chi connectivity index (χ3v) is 7.52. The smallest absolute Gasteiger partial charge is 0.223 e. The number of rotatable bonds is 7. The summed E-state index contributed by atoms with van der Waals surface area (Å²) in [5.41, 5.74) is 1.79. The molecule has 0 spiro atoms. The highest BCUT2D eigenvalue weighted by molar-refractivity contribution is 7.88. The maximum Gasteiger partial charge on any atom is 0.223 e. The molecule has 0 aliphatic carbocycles. The molecule has 1 aliphatic heterocycles. The second-order valence-corrected chi connectivity index (χ2v) is 9.86. The van der Waals surface area contributed by atoms with Crippen molar-refractivity contribution >= 4 is 15.9 Å². The van der Waals surface area contributed by atoms with Gasteiger partial charge in [-0.2, -0.15) is 0 Å². The molecule has 0 radical (unpaired) electrons. The van der Waals surface area contributed by atoms with Gasteiger partial charge in [0, 0.05) is 37.9 Å². The summed E-state index contributed by atoms with van der Waals surface area (Å²) >= 11 is 0. The predicted molar refractivity (Wildman–Crippen MR) is 119 cm³/mol. The molecule has 2 heterocycles. The Morgan fingerprint density at radius 3 is 2.50 bits per heavy atom. The molecule has 1 saturated heterocycles. The predicted octanol–water partition coefficient (Wildman–Crippen LogP) is 2.87. The molecule has 7 nitrogen and oxygen atoms in total. The fourth-order valence-corrected chi connectivity index (χ4v) is 5.44. The van der Waals surface area contributed by atoms with Crippen molar-refractivity contribution in [2.75, 3.05) is 13.1 Å². The summed E-state index contributed by atoms with van der Waals surface area (Å²) in [6.07, 6.45) is 5.69. The summed E-state index contributed by atoms with van der Waals surface area (Å²) in [6.45, 7) is 0.857. The number of carbonyl (C=O) groups is 1. The van der Waals surface area contributed by atoms with Crippen molar-refractivity contribution < 1.29 is 17.6 Å². The Balaban J connectivity index is 1.28. The molecule has 0 bridgehead atoms. The number of hydrogen-bond donors (Lipinski definition) is 1. The van der Waals surface area contributed by atoms with E-state index in [-0.39, 0.29) is 24.1 Å². The first kappa shape index (κ1) is 22.2. The van der Waals surface area contributed by atoms with Gasteiger partial charge in [-0.15, -0.1) is 0 Å². The number of nitrogens with zero attached hydrogens (tertiary/aromatic N) is 3. The third-order valence-electron chi connectivity index (χ3n) is 5.67. The zero-order chi connectivity index (χ0) is 22.6. The van der Waals surface area contributed by atoms with Gasteiger partial charge in [-0.3, -0.25) is 4.79 Å². The van der Waals surface area contributed by atoms with Gasteiger partial charge in [0.05, 0.1) is 17.8 Å². The van der Waals surface area contributed by atoms with Crippen molar-refractivity contribution in [3.8, 4) is 5.69 Å². The van der Waals surface area contributed by atoms with Gasteiger partial charge in [0.2, 0.25) is 15.9 Å². The number of hydrogen-bond acceptors (Lipinski definition) is 4. The molecule has 0 saturated carbocycles. The SMILES string of the molecule is O=C(NCc1ccc(-n2ccnc2)c(F)c1)C1CCN(S(=O)(=O)Cc2ccccc2)CC1. The molecule has 9 heteroatoms. The van der Waals surface area contributed by atoms with Gasteiger partial charge in [0.1, 0.15) is 5.82 Å². The molecule has 168 valence electrons. The van der Waals surface area contributed by atoms with Crippen LogP contribution in [0.1, 0.15) is 24.0 Å². The van der Waals surface area contributed by atoms with E-state index in [1.54, 1.807) is 41.2 Å². The molecular weight excluding hydrogens is 431 g/mol. The van der Waals surface area contributed by atoms with E-state index in [9.17, 15) is 17.6 Å². The average molecular weight is 457 g/mol. The number of amides is 1. The number of imidazole rings is 1. The maximum atomic E-state index is 14.4. The van der Waals surface area contributed by atoms with E-state index in [1.165, 1.54) is 16.7 Å². The van der Waals surface area contributed by atoms with Crippen LogP contribution in [0.3, 0.4) is 0 Å². The molecule has 2 aromatic carbocycles. The van der Waals surface area contributed by atoms with Gasteiger partial charge in [0.15, 0.2) is 0 Å². The summed E-state index contributed by atoms with van der Waals surface area (Å²) in [7, 11) is -3.41. The molecule has 1 fully saturated rings. The number of nitrogens with one attached hydrogen (secondary N) is 1. The lowest BCUT2D eigenvalue weighted by Crippen LogP contribution is -2.43. The molecule has 0 unspecified atom stereocenters. The normalized spacial score (nSPS) is 15.5. The number of halogens is 1. The molecule has 4 rings (SSSR count). The van der Waals surface area contributed by atoms with Crippen LogP contribution in [-0.4, -0.2) is 41.3 Å². The zero-order valence-electron chi connectivity index (χ0n) is 17.5. The summed E-state index contributed by atoms with van der Waals surface area (Å²) in [4.78, 5) is 16.5. The van der Waals surface area contributed by atoms with Gasteiger partial charge >= 0.3 is 0 Å². The van der Waals surface area contributed by atoms with Gasteiger partial charge in [-0.1, -0.05) is 36.4 Å². The van der Waals surface area contributed by atoms with Gasteiger partial charge in [0.25, 0.3) is 0 Å². The van der Waals surface area contributed by atoms with Crippen LogP contribution in [0, 0.1) is 11.7 Å². The van der Waals surface area contributed by atoms with E-state index in [0.717, 1.165) is 5.56 Å². The average Bonchev–Trinajstić information content (AvgIpc) is 3.32. The summed E-state index contributed by atoms with van der Waals surface area (Å²) in [6, 6.07) is 13.9. The Hall–Kier alpha value is -3.04. The van der Waals surface area contributed by atoms with E-state index < -0.39 is 15.8 Å². The van der Waals surface area contributed by atoms with Gasteiger partial charge in [-0.05, 0) is 36.1 Å². The van der Waals surface area contributed by atoms with Crippen LogP contribution in [0.15, 0.2) is 67.3 Å². The Labute approximate surface area is 186 Å². The topological polar surface area (TPSA) is 84.3 Å². The lowest BCUT2D eigenvalue weighted by atomic mass is 9.97. The highest BCUT2D eigenvalue weighted by Crippen LogP contribution is 2.22. The van der Waals surface area contributed by atoms with Gasteiger partial charge in [-0.25, -0.2) is 22.1 Å². The fraction of sp³-hybridized carbons (Fsp3) is 0.304. The number of benzene rings is 2. The largest absolute Gasteiger partial charge is 0.352 e. The van der Waals surface area contributed by atoms with Crippen molar-refractivity contribution in [3.63, 3.8) is 0 Å². The highest BCUT2D eigenvalue weighted by Gasteiger charge is 2.31. The van der Waals surface area contributed by atoms with E-state index >= 15 is 0 Å². The monoisotopic (exact) mass is 456 g/mol. The van der Waals surface area contributed by atoms with Crippen molar-refractivity contribution in [1.82, 2.24) is 19.2 Å². The van der Waals surface area contributed by atoms with E-state index in [0.29, 0.717) is 37.2 Å². The fourth-order valence-electron chi connectivity index (χ4n) is 3.88. The standard InChI is InChI=1S/C23H25FN4O3S/c24-21-14-19(6-7-22(21)27-13-10-25-17-27)15-26-23(29)20-8-11-28(12-9-20)32(30,31)16-18-4-2-1-3-5-18/h1-7,10,13-14,17,20H,8-9,11-12,15-16H2,(H,26,29). The van der Waals surface area contributed by atoms with Crippen molar-refractivity contribution in [1.29, 1.82) is 0 Å². The first-order chi connectivity index (χ1) is 15.4. The van der Waals surface area contributed by atoms with Gasteiger partial charge < -0.3 is 9.88 Å². The zero-order valence-corrected chi connectivity index (χ0v) is 18.3. The number of sulfonamides is 1. The Kier molecular flexibility index (Phi) is 6.66. The lowest BCUT2D eigenvalue weighted by Gasteiger charge is -2.30. The number of piperidine rings is 1. The minimum Gasteiger partial charge on any atom is -0.352 e. The minimum absolute atomic E-state index is 0.0364. The Morgan fingerprint density at radius 2 is 1.84 bits per heavy atom. The van der Waals surface area contributed by atoms with Crippen LogP contribution in [0.4, 0.5) is 4.39 Å².